The van der Waals surface area contributed by atoms with Gasteiger partial charge in [-0.25, -0.2) is 4.79 Å². The summed E-state index contributed by atoms with van der Waals surface area (Å²) in [6.45, 7) is 0.219. The fourth-order valence-electron chi connectivity index (χ4n) is 2.81. The number of carbonyl (C=O) groups excluding carboxylic acids is 2. The van der Waals surface area contributed by atoms with Crippen molar-refractivity contribution in [1.82, 2.24) is 4.90 Å². The average Bonchev–Trinajstić information content (AvgIpc) is 3.01. The maximum absolute atomic E-state index is 12.4. The predicted molar refractivity (Wildman–Crippen MR) is 83.5 cm³/mol. The number of likely N-dealkylation sites (tertiary alicyclic amines) is 1. The Morgan fingerprint density at radius 2 is 1.91 bits per heavy atom. The molecule has 23 heavy (non-hydrogen) atoms. The summed E-state index contributed by atoms with van der Waals surface area (Å²) in [4.78, 5) is 25.3. The molecule has 6 nitrogen and oxygen atoms in total. The van der Waals surface area contributed by atoms with Crippen LogP contribution in [-0.4, -0.2) is 43.5 Å². The molecule has 1 amide bonds. The van der Waals surface area contributed by atoms with Crippen molar-refractivity contribution in [2.75, 3.05) is 14.2 Å². The van der Waals surface area contributed by atoms with Crippen LogP contribution in [0.2, 0.25) is 0 Å². The van der Waals surface area contributed by atoms with Crippen LogP contribution in [0.3, 0.4) is 0 Å². The number of esters is 1. The predicted octanol–water partition coefficient (Wildman–Crippen LogP) is 2.71. The highest BCUT2D eigenvalue weighted by Crippen LogP contribution is 2.28. The molecular formula is C17H23NO5. The van der Waals surface area contributed by atoms with Crippen molar-refractivity contribution in [3.05, 3.63) is 35.9 Å². The quantitative estimate of drug-likeness (QED) is 0.754. The third-order valence-electron chi connectivity index (χ3n) is 4.05. The molecule has 0 aromatic heterocycles. The Morgan fingerprint density at radius 1 is 1.17 bits per heavy atom. The van der Waals surface area contributed by atoms with Gasteiger partial charge in [0.15, 0.2) is 0 Å². The van der Waals surface area contributed by atoms with Gasteiger partial charge in [0.1, 0.15) is 12.8 Å². The molecule has 0 bridgehead atoms. The van der Waals surface area contributed by atoms with Crippen LogP contribution >= 0.6 is 0 Å². The number of ether oxygens (including phenoxy) is 3. The van der Waals surface area contributed by atoms with Gasteiger partial charge in [0.25, 0.3) is 0 Å². The van der Waals surface area contributed by atoms with Crippen LogP contribution in [0.15, 0.2) is 30.3 Å². The Bertz CT molecular complexity index is 519. The summed E-state index contributed by atoms with van der Waals surface area (Å²) in [5.74, 6) is -0.275. The Kier molecular flexibility index (Phi) is 6.40. The molecular weight excluding hydrogens is 298 g/mol. The molecule has 1 saturated heterocycles. The normalized spacial score (nSPS) is 20.3. The van der Waals surface area contributed by atoms with Gasteiger partial charge in [0, 0.05) is 19.6 Å². The maximum Gasteiger partial charge on any atom is 0.412 e. The molecule has 1 fully saturated rings. The number of nitrogens with zero attached hydrogens (tertiary/aromatic N) is 1. The first-order valence-electron chi connectivity index (χ1n) is 7.74. The second kappa shape index (κ2) is 8.53. The average molecular weight is 321 g/mol. The lowest BCUT2D eigenvalue weighted by atomic mass is 10.1. The Morgan fingerprint density at radius 3 is 2.57 bits per heavy atom. The molecule has 1 aromatic rings. The number of carbonyl (C=O) groups is 2. The molecule has 1 aliphatic heterocycles. The van der Waals surface area contributed by atoms with Crippen molar-refractivity contribution in [2.24, 2.45) is 0 Å². The number of benzene rings is 1. The zero-order chi connectivity index (χ0) is 16.7. The van der Waals surface area contributed by atoms with Crippen LogP contribution in [0.4, 0.5) is 4.79 Å². The van der Waals surface area contributed by atoms with E-state index in [9.17, 15) is 9.59 Å². The van der Waals surface area contributed by atoms with Crippen molar-refractivity contribution in [1.29, 1.82) is 0 Å². The number of rotatable bonds is 6. The molecule has 1 unspecified atom stereocenters. The molecule has 2 rings (SSSR count). The van der Waals surface area contributed by atoms with Crippen molar-refractivity contribution >= 4 is 12.1 Å². The highest BCUT2D eigenvalue weighted by atomic mass is 16.6. The van der Waals surface area contributed by atoms with Crippen LogP contribution in [-0.2, 0) is 25.6 Å². The van der Waals surface area contributed by atoms with Crippen LogP contribution in [0.5, 0.6) is 0 Å². The van der Waals surface area contributed by atoms with Crippen molar-refractivity contribution in [3.63, 3.8) is 0 Å². The first-order chi connectivity index (χ1) is 11.2. The van der Waals surface area contributed by atoms with Gasteiger partial charge in [-0.05, 0) is 24.8 Å². The van der Waals surface area contributed by atoms with E-state index in [2.05, 4.69) is 4.74 Å². The summed E-state index contributed by atoms with van der Waals surface area (Å²) < 4.78 is 15.4. The van der Waals surface area contributed by atoms with Crippen LogP contribution in [0.25, 0.3) is 0 Å². The van der Waals surface area contributed by atoms with Crippen molar-refractivity contribution in [3.8, 4) is 0 Å². The summed E-state index contributed by atoms with van der Waals surface area (Å²) >= 11 is 0. The molecule has 0 radical (unpaired) electrons. The van der Waals surface area contributed by atoms with Crippen molar-refractivity contribution in [2.45, 2.75) is 44.6 Å². The zero-order valence-electron chi connectivity index (χ0n) is 13.6. The number of hydrogen-bond acceptors (Lipinski definition) is 5. The van der Waals surface area contributed by atoms with Gasteiger partial charge in [-0.1, -0.05) is 30.3 Å². The molecule has 0 spiro atoms. The van der Waals surface area contributed by atoms with Gasteiger partial charge in [-0.2, -0.15) is 0 Å². The molecule has 2 atom stereocenters. The van der Waals surface area contributed by atoms with E-state index < -0.39 is 6.09 Å². The molecule has 1 aromatic carbocycles. The van der Waals surface area contributed by atoms with Crippen LogP contribution < -0.4 is 0 Å². The van der Waals surface area contributed by atoms with Gasteiger partial charge < -0.3 is 14.2 Å². The lowest BCUT2D eigenvalue weighted by Gasteiger charge is -2.28. The van der Waals surface area contributed by atoms with E-state index in [1.54, 1.807) is 12.0 Å². The van der Waals surface area contributed by atoms with Crippen molar-refractivity contribution < 1.29 is 23.8 Å². The smallest absolute Gasteiger partial charge is 0.412 e. The zero-order valence-corrected chi connectivity index (χ0v) is 13.6. The highest BCUT2D eigenvalue weighted by Gasteiger charge is 2.38. The van der Waals surface area contributed by atoms with Gasteiger partial charge >= 0.3 is 12.1 Å². The molecule has 0 aliphatic carbocycles. The molecule has 1 heterocycles. The van der Waals surface area contributed by atoms with E-state index in [1.807, 2.05) is 30.3 Å². The standard InChI is InChI=1S/C17H23NO5/c1-21-15-10-8-14(9-11-16(19)22-2)18(15)17(20)23-12-13-6-4-3-5-7-13/h3-7,14-15H,8-12H2,1-2H3/t14-,15?/m0/s1. The largest absolute Gasteiger partial charge is 0.469 e. The molecule has 126 valence electrons. The number of amides is 1. The first kappa shape index (κ1) is 17.3. The summed E-state index contributed by atoms with van der Waals surface area (Å²) in [7, 11) is 2.94. The second-order valence-electron chi connectivity index (χ2n) is 5.48. The topological polar surface area (TPSA) is 65.1 Å². The number of hydrogen-bond donors (Lipinski definition) is 0. The monoisotopic (exact) mass is 321 g/mol. The third-order valence-corrected chi connectivity index (χ3v) is 4.05. The first-order valence-corrected chi connectivity index (χ1v) is 7.74. The number of methoxy groups -OCH3 is 2. The highest BCUT2D eigenvalue weighted by molar-refractivity contribution is 5.70. The minimum absolute atomic E-state index is 0.0673. The molecule has 0 saturated carbocycles. The van der Waals surface area contributed by atoms with E-state index in [0.29, 0.717) is 6.42 Å². The van der Waals surface area contributed by atoms with Gasteiger partial charge in [0.2, 0.25) is 0 Å². The summed E-state index contributed by atoms with van der Waals surface area (Å²) in [5, 5.41) is 0. The van der Waals surface area contributed by atoms with Gasteiger partial charge in [-0.3, -0.25) is 9.69 Å². The summed E-state index contributed by atoms with van der Waals surface area (Å²) in [6, 6.07) is 9.45. The molecule has 6 heteroatoms. The van der Waals surface area contributed by atoms with E-state index in [0.717, 1.165) is 18.4 Å². The van der Waals surface area contributed by atoms with Gasteiger partial charge in [-0.15, -0.1) is 0 Å². The van der Waals surface area contributed by atoms with E-state index in [-0.39, 0.29) is 31.3 Å². The maximum atomic E-state index is 12.4. The fourth-order valence-corrected chi connectivity index (χ4v) is 2.81. The lowest BCUT2D eigenvalue weighted by Crippen LogP contribution is -2.42. The van der Waals surface area contributed by atoms with E-state index in [4.69, 9.17) is 9.47 Å². The summed E-state index contributed by atoms with van der Waals surface area (Å²) in [6.07, 6.45) is 1.64. The molecule has 1 aliphatic rings. The van der Waals surface area contributed by atoms with Crippen LogP contribution in [0, 0.1) is 0 Å². The lowest BCUT2D eigenvalue weighted by molar-refractivity contribution is -0.141. The van der Waals surface area contributed by atoms with Gasteiger partial charge in [0.05, 0.1) is 7.11 Å². The Balaban J connectivity index is 1.94. The summed E-state index contributed by atoms with van der Waals surface area (Å²) in [5.41, 5.74) is 0.931. The molecule has 0 N–H and O–H groups in total. The minimum atomic E-state index is -0.409. The Hall–Kier alpha value is -2.08. The van der Waals surface area contributed by atoms with E-state index >= 15 is 0 Å². The SMILES string of the molecule is COC(=O)CC[C@@H]1CCC(OC)N1C(=O)OCc1ccccc1. The Labute approximate surface area is 136 Å². The van der Waals surface area contributed by atoms with Crippen LogP contribution in [0.1, 0.15) is 31.2 Å². The van der Waals surface area contributed by atoms with E-state index in [1.165, 1.54) is 7.11 Å². The minimum Gasteiger partial charge on any atom is -0.469 e. The fraction of sp³-hybridized carbons (Fsp3) is 0.529. The third kappa shape index (κ3) is 4.69. The second-order valence-corrected chi connectivity index (χ2v) is 5.48.